The summed E-state index contributed by atoms with van der Waals surface area (Å²) < 4.78 is 12.7. The Labute approximate surface area is 109 Å². The van der Waals surface area contributed by atoms with Crippen LogP contribution >= 0.6 is 7.80 Å². The van der Waals surface area contributed by atoms with Gasteiger partial charge in [0.15, 0.2) is 0 Å². The maximum atomic E-state index is 12.7. The molecule has 0 amide bonds. The average molecular weight is 256 g/mol. The van der Waals surface area contributed by atoms with Gasteiger partial charge < -0.3 is 4.57 Å². The minimum Gasteiger partial charge on any atom is -0.326 e. The molecule has 18 heavy (non-hydrogen) atoms. The zero-order valence-electron chi connectivity index (χ0n) is 10.3. The highest BCUT2D eigenvalue weighted by atomic mass is 31.1. The van der Waals surface area contributed by atoms with E-state index >= 15 is 0 Å². The van der Waals surface area contributed by atoms with E-state index < -0.39 is 7.80 Å². The topological polar surface area (TPSA) is 17.1 Å². The van der Waals surface area contributed by atoms with Crippen molar-refractivity contribution in [1.29, 1.82) is 0 Å². The van der Waals surface area contributed by atoms with Crippen molar-refractivity contribution in [3.8, 4) is 0 Å². The fraction of sp³-hybridized carbons (Fsp3) is 0.250. The normalized spacial score (nSPS) is 27.2. The number of hydrogen-bond donors (Lipinski definition) is 0. The fourth-order valence-electron chi connectivity index (χ4n) is 2.89. The third kappa shape index (κ3) is 2.15. The van der Waals surface area contributed by atoms with E-state index in [-0.39, 0.29) is 11.3 Å². The molecular formula is C16H17OP. The Hall–Kier alpha value is -1.33. The van der Waals surface area contributed by atoms with E-state index in [0.29, 0.717) is 0 Å². The molecular weight excluding hydrogens is 239 g/mol. The molecule has 1 heterocycles. The van der Waals surface area contributed by atoms with E-state index in [4.69, 9.17) is 0 Å². The molecule has 0 saturated carbocycles. The van der Waals surface area contributed by atoms with Crippen LogP contribution in [0.1, 0.15) is 35.3 Å². The van der Waals surface area contributed by atoms with E-state index in [9.17, 15) is 4.57 Å². The monoisotopic (exact) mass is 256 g/mol. The molecule has 92 valence electrons. The summed E-state index contributed by atoms with van der Waals surface area (Å²) in [6.45, 7) is 0. The summed E-state index contributed by atoms with van der Waals surface area (Å²) >= 11 is 0. The maximum absolute atomic E-state index is 12.7. The second-order valence-electron chi connectivity index (χ2n) is 4.91. The molecule has 3 atom stereocenters. The van der Waals surface area contributed by atoms with Crippen molar-refractivity contribution in [2.75, 3.05) is 0 Å². The molecule has 2 aromatic carbocycles. The summed E-state index contributed by atoms with van der Waals surface area (Å²) in [6.07, 6.45) is 2.11. The Balaban J connectivity index is 1.86. The van der Waals surface area contributed by atoms with Crippen LogP contribution in [0.25, 0.3) is 0 Å². The molecule has 3 rings (SSSR count). The lowest BCUT2D eigenvalue weighted by Crippen LogP contribution is -1.88. The van der Waals surface area contributed by atoms with Crippen molar-refractivity contribution in [3.63, 3.8) is 0 Å². The Kier molecular flexibility index (Phi) is 3.34. The van der Waals surface area contributed by atoms with Gasteiger partial charge in [-0.05, 0) is 24.0 Å². The maximum Gasteiger partial charge on any atom is 0.0904 e. The third-order valence-corrected chi connectivity index (χ3v) is 6.45. The summed E-state index contributed by atoms with van der Waals surface area (Å²) in [6, 6.07) is 20.7. The van der Waals surface area contributed by atoms with Gasteiger partial charge in [0.1, 0.15) is 0 Å². The van der Waals surface area contributed by atoms with E-state index in [1.165, 1.54) is 11.1 Å². The Bertz CT molecular complexity index is 486. The molecule has 1 fully saturated rings. The van der Waals surface area contributed by atoms with Crippen LogP contribution in [-0.4, -0.2) is 0 Å². The van der Waals surface area contributed by atoms with Crippen molar-refractivity contribution in [1.82, 2.24) is 0 Å². The summed E-state index contributed by atoms with van der Waals surface area (Å²) in [5.41, 5.74) is 3.06. The molecule has 0 spiro atoms. The van der Waals surface area contributed by atoms with Gasteiger partial charge in [-0.3, -0.25) is 0 Å². The molecule has 0 aliphatic carbocycles. The second kappa shape index (κ2) is 5.12. The van der Waals surface area contributed by atoms with Gasteiger partial charge in [-0.15, -0.1) is 0 Å². The lowest BCUT2D eigenvalue weighted by molar-refractivity contribution is 0.581. The second-order valence-corrected chi connectivity index (χ2v) is 7.10. The SMILES string of the molecule is O=[PH]1C(c2ccccc2)CC[C@H]1c1ccccc1. The fourth-order valence-corrected chi connectivity index (χ4v) is 5.32. The van der Waals surface area contributed by atoms with Crippen molar-refractivity contribution < 1.29 is 4.57 Å². The minimum absolute atomic E-state index is 0.279. The Morgan fingerprint density at radius 1 is 0.722 bits per heavy atom. The lowest BCUT2D eigenvalue weighted by Gasteiger charge is -2.12. The van der Waals surface area contributed by atoms with Crippen LogP contribution < -0.4 is 0 Å². The lowest BCUT2D eigenvalue weighted by atomic mass is 10.0. The predicted molar refractivity (Wildman–Crippen MR) is 76.6 cm³/mol. The van der Waals surface area contributed by atoms with Gasteiger partial charge in [-0.1, -0.05) is 60.7 Å². The molecule has 1 saturated heterocycles. The van der Waals surface area contributed by atoms with Crippen molar-refractivity contribution in [3.05, 3.63) is 71.8 Å². The first-order valence-corrected chi connectivity index (χ1v) is 8.06. The highest BCUT2D eigenvalue weighted by molar-refractivity contribution is 7.46. The summed E-state index contributed by atoms with van der Waals surface area (Å²) in [5, 5.41) is 0. The molecule has 1 nitrogen and oxygen atoms in total. The quantitative estimate of drug-likeness (QED) is 0.704. The van der Waals surface area contributed by atoms with Gasteiger partial charge in [-0.25, -0.2) is 0 Å². The highest BCUT2D eigenvalue weighted by Gasteiger charge is 2.34. The first kappa shape index (κ1) is 11.7. The minimum atomic E-state index is -1.59. The van der Waals surface area contributed by atoms with Crippen LogP contribution in [0.5, 0.6) is 0 Å². The van der Waals surface area contributed by atoms with E-state index in [1.54, 1.807) is 0 Å². The van der Waals surface area contributed by atoms with Gasteiger partial charge in [0.05, 0.1) is 7.80 Å². The molecule has 0 radical (unpaired) electrons. The van der Waals surface area contributed by atoms with E-state index in [0.717, 1.165) is 12.8 Å². The van der Waals surface area contributed by atoms with Gasteiger partial charge >= 0.3 is 0 Å². The Morgan fingerprint density at radius 2 is 1.11 bits per heavy atom. The number of rotatable bonds is 2. The zero-order chi connectivity index (χ0) is 12.4. The molecule has 2 heteroatoms. The summed E-state index contributed by atoms with van der Waals surface area (Å²) in [5.74, 6) is 0. The molecule has 1 aliphatic rings. The number of hydrogen-bond acceptors (Lipinski definition) is 1. The molecule has 0 N–H and O–H groups in total. The van der Waals surface area contributed by atoms with Crippen LogP contribution in [0, 0.1) is 0 Å². The molecule has 2 unspecified atom stereocenters. The van der Waals surface area contributed by atoms with Gasteiger partial charge in [0.25, 0.3) is 0 Å². The molecule has 0 aromatic heterocycles. The predicted octanol–water partition coefficient (Wildman–Crippen LogP) is 4.82. The van der Waals surface area contributed by atoms with Crippen molar-refractivity contribution >= 4 is 7.80 Å². The third-order valence-electron chi connectivity index (χ3n) is 3.83. The first-order valence-electron chi connectivity index (χ1n) is 6.50. The standard InChI is InChI=1S/C16H17OP/c17-18-15(13-7-3-1-4-8-13)11-12-16(18)14-9-5-2-6-10-14/h1-10,15-16,18H,11-12H2/t15-,16?/m0/s1. The van der Waals surface area contributed by atoms with Gasteiger partial charge in [-0.2, -0.15) is 0 Å². The van der Waals surface area contributed by atoms with Crippen LogP contribution in [0.4, 0.5) is 0 Å². The summed E-state index contributed by atoms with van der Waals surface area (Å²) in [4.78, 5) is 0. The highest BCUT2D eigenvalue weighted by Crippen LogP contribution is 2.62. The van der Waals surface area contributed by atoms with Crippen molar-refractivity contribution in [2.45, 2.75) is 24.2 Å². The van der Waals surface area contributed by atoms with Crippen molar-refractivity contribution in [2.24, 2.45) is 0 Å². The zero-order valence-corrected chi connectivity index (χ0v) is 11.3. The molecule has 0 bridgehead atoms. The summed E-state index contributed by atoms with van der Waals surface area (Å²) in [7, 11) is -1.59. The van der Waals surface area contributed by atoms with Gasteiger partial charge in [0.2, 0.25) is 0 Å². The van der Waals surface area contributed by atoms with Crippen LogP contribution in [0.3, 0.4) is 0 Å². The molecule has 2 aromatic rings. The first-order chi connectivity index (χ1) is 8.86. The largest absolute Gasteiger partial charge is 0.326 e. The van der Waals surface area contributed by atoms with Crippen LogP contribution in [0.15, 0.2) is 60.7 Å². The van der Waals surface area contributed by atoms with Crippen LogP contribution in [0.2, 0.25) is 0 Å². The van der Waals surface area contributed by atoms with Gasteiger partial charge in [0, 0.05) is 11.3 Å². The Morgan fingerprint density at radius 3 is 1.50 bits per heavy atom. The van der Waals surface area contributed by atoms with E-state index in [1.807, 2.05) is 36.4 Å². The molecule has 1 aliphatic heterocycles. The average Bonchev–Trinajstić information content (AvgIpc) is 2.83. The van der Waals surface area contributed by atoms with Crippen LogP contribution in [-0.2, 0) is 4.57 Å². The van der Waals surface area contributed by atoms with E-state index in [2.05, 4.69) is 24.3 Å². The number of benzene rings is 2. The smallest absolute Gasteiger partial charge is 0.0904 e.